The number of ketones is 1. The van der Waals surface area contributed by atoms with Crippen LogP contribution in [-0.4, -0.2) is 16.7 Å². The van der Waals surface area contributed by atoms with Gasteiger partial charge in [-0.05, 0) is 48.4 Å². The molecular weight excluding hydrogens is 417 g/mol. The summed E-state index contributed by atoms with van der Waals surface area (Å²) in [6.45, 7) is 1.69. The van der Waals surface area contributed by atoms with Gasteiger partial charge in [0.05, 0.1) is 11.6 Å². The molecule has 1 aromatic heterocycles. The lowest BCUT2D eigenvalue weighted by Crippen LogP contribution is -2.40. The fourth-order valence-electron chi connectivity index (χ4n) is 3.80. The number of nitrogens with zero attached hydrogens (tertiary/aromatic N) is 1. The molecule has 0 aliphatic carbocycles. The lowest BCUT2D eigenvalue weighted by atomic mass is 9.89. The highest BCUT2D eigenvalue weighted by Crippen LogP contribution is 2.29. The third-order valence-corrected chi connectivity index (χ3v) is 5.49. The maximum absolute atomic E-state index is 13.6. The van der Waals surface area contributed by atoms with E-state index in [1.54, 1.807) is 18.2 Å². The fraction of sp³-hybridized carbons (Fsp3) is 0.148. The van der Waals surface area contributed by atoms with Gasteiger partial charge in [0.25, 0.3) is 0 Å². The summed E-state index contributed by atoms with van der Waals surface area (Å²) in [5, 5.41) is 7.09. The molecule has 0 aliphatic rings. The molecule has 0 fully saturated rings. The summed E-state index contributed by atoms with van der Waals surface area (Å²) in [5.41, 5.74) is 2.32. The molecular formula is C27H24FN3O2. The van der Waals surface area contributed by atoms with E-state index in [1.165, 1.54) is 19.1 Å². The standard InChI is InChI=1S/C27H24FN3O2/c1-18(32)25(27(33)29-17-19-7-3-2-4-8-19)26(21-11-14-22(28)15-12-21)31-24-16-13-20-9-5-6-10-23(20)30-24/h2-16,25-26H,17H2,1H3,(H,29,33)(H,30,31). The van der Waals surface area contributed by atoms with Gasteiger partial charge in [-0.3, -0.25) is 9.59 Å². The van der Waals surface area contributed by atoms with Crippen LogP contribution in [0.1, 0.15) is 24.1 Å². The monoisotopic (exact) mass is 441 g/mol. The number of hydrogen-bond donors (Lipinski definition) is 2. The van der Waals surface area contributed by atoms with Crippen LogP contribution >= 0.6 is 0 Å². The highest BCUT2D eigenvalue weighted by Gasteiger charge is 2.34. The van der Waals surface area contributed by atoms with Crippen LogP contribution < -0.4 is 10.6 Å². The molecule has 33 heavy (non-hydrogen) atoms. The third kappa shape index (κ3) is 5.41. The van der Waals surface area contributed by atoms with Crippen molar-refractivity contribution in [1.82, 2.24) is 10.3 Å². The van der Waals surface area contributed by atoms with Crippen LogP contribution in [0.15, 0.2) is 91.0 Å². The molecule has 4 aromatic rings. The molecule has 0 spiro atoms. The normalized spacial score (nSPS) is 12.7. The van der Waals surface area contributed by atoms with E-state index >= 15 is 0 Å². The summed E-state index contributed by atoms with van der Waals surface area (Å²) >= 11 is 0. The van der Waals surface area contributed by atoms with Crippen LogP contribution in [0.4, 0.5) is 10.2 Å². The Morgan fingerprint density at radius 2 is 1.58 bits per heavy atom. The van der Waals surface area contributed by atoms with Crippen molar-refractivity contribution in [2.45, 2.75) is 19.5 Å². The van der Waals surface area contributed by atoms with Crippen molar-refractivity contribution >= 4 is 28.4 Å². The maximum Gasteiger partial charge on any atom is 0.233 e. The molecule has 3 aromatic carbocycles. The second-order valence-corrected chi connectivity index (χ2v) is 7.85. The van der Waals surface area contributed by atoms with E-state index in [-0.39, 0.29) is 5.78 Å². The Balaban J connectivity index is 1.65. The van der Waals surface area contributed by atoms with Gasteiger partial charge in [0.2, 0.25) is 5.91 Å². The maximum atomic E-state index is 13.6. The average Bonchev–Trinajstić information content (AvgIpc) is 2.83. The van der Waals surface area contributed by atoms with E-state index in [1.807, 2.05) is 60.7 Å². The second kappa shape index (κ2) is 10.0. The van der Waals surface area contributed by atoms with Crippen LogP contribution in [0.5, 0.6) is 0 Å². The van der Waals surface area contributed by atoms with Crippen molar-refractivity contribution in [3.05, 3.63) is 108 Å². The van der Waals surface area contributed by atoms with E-state index in [0.29, 0.717) is 17.9 Å². The molecule has 0 saturated heterocycles. The molecule has 5 nitrogen and oxygen atoms in total. The number of pyridine rings is 1. The zero-order valence-corrected chi connectivity index (χ0v) is 18.2. The molecule has 2 atom stereocenters. The van der Waals surface area contributed by atoms with Gasteiger partial charge < -0.3 is 10.6 Å². The molecule has 0 radical (unpaired) electrons. The van der Waals surface area contributed by atoms with E-state index in [9.17, 15) is 14.0 Å². The SMILES string of the molecule is CC(=O)C(C(=O)NCc1ccccc1)C(Nc1ccc2ccccc2n1)c1ccc(F)cc1. The van der Waals surface area contributed by atoms with E-state index in [2.05, 4.69) is 15.6 Å². The van der Waals surface area contributed by atoms with E-state index < -0.39 is 23.7 Å². The highest BCUT2D eigenvalue weighted by atomic mass is 19.1. The number of benzene rings is 3. The molecule has 166 valence electrons. The van der Waals surface area contributed by atoms with E-state index in [4.69, 9.17) is 0 Å². The first kappa shape index (κ1) is 22.1. The molecule has 1 amide bonds. The summed E-state index contributed by atoms with van der Waals surface area (Å²) in [6, 6.07) is 25.9. The fourth-order valence-corrected chi connectivity index (χ4v) is 3.80. The number of carbonyl (C=O) groups excluding carboxylic acids is 2. The zero-order valence-electron chi connectivity index (χ0n) is 18.2. The summed E-state index contributed by atoms with van der Waals surface area (Å²) in [7, 11) is 0. The average molecular weight is 442 g/mol. The van der Waals surface area contributed by atoms with Gasteiger partial charge in [0.1, 0.15) is 23.3 Å². The second-order valence-electron chi connectivity index (χ2n) is 7.85. The van der Waals surface area contributed by atoms with Crippen LogP contribution in [0.25, 0.3) is 10.9 Å². The minimum absolute atomic E-state index is 0.299. The lowest BCUT2D eigenvalue weighted by Gasteiger charge is -2.27. The largest absolute Gasteiger partial charge is 0.362 e. The first-order valence-electron chi connectivity index (χ1n) is 10.7. The van der Waals surface area contributed by atoms with Gasteiger partial charge in [0, 0.05) is 11.9 Å². The Morgan fingerprint density at radius 3 is 2.30 bits per heavy atom. The Bertz CT molecular complexity index is 1260. The number of carbonyl (C=O) groups is 2. The van der Waals surface area contributed by atoms with Gasteiger partial charge in [-0.1, -0.05) is 60.7 Å². The van der Waals surface area contributed by atoms with Crippen LogP contribution in [0.2, 0.25) is 0 Å². The van der Waals surface area contributed by atoms with Gasteiger partial charge >= 0.3 is 0 Å². The van der Waals surface area contributed by atoms with Crippen LogP contribution in [0, 0.1) is 11.7 Å². The molecule has 1 heterocycles. The number of nitrogens with one attached hydrogen (secondary N) is 2. The summed E-state index contributed by atoms with van der Waals surface area (Å²) in [5.74, 6) is -1.62. The van der Waals surface area contributed by atoms with Crippen LogP contribution in [-0.2, 0) is 16.1 Å². The molecule has 0 bridgehead atoms. The number of anilines is 1. The Labute approximate surface area is 191 Å². The van der Waals surface area contributed by atoms with Crippen molar-refractivity contribution in [2.24, 2.45) is 5.92 Å². The molecule has 0 saturated carbocycles. The minimum Gasteiger partial charge on any atom is -0.362 e. The molecule has 6 heteroatoms. The van der Waals surface area contributed by atoms with Gasteiger partial charge in [-0.2, -0.15) is 0 Å². The van der Waals surface area contributed by atoms with Gasteiger partial charge in [0.15, 0.2) is 0 Å². The van der Waals surface area contributed by atoms with E-state index in [0.717, 1.165) is 16.5 Å². The molecule has 2 unspecified atom stereocenters. The number of halogens is 1. The van der Waals surface area contributed by atoms with Crippen molar-refractivity contribution in [1.29, 1.82) is 0 Å². The van der Waals surface area contributed by atoms with Crippen molar-refractivity contribution in [3.63, 3.8) is 0 Å². The Hall–Kier alpha value is -4.06. The summed E-state index contributed by atoms with van der Waals surface area (Å²) in [4.78, 5) is 30.5. The summed E-state index contributed by atoms with van der Waals surface area (Å²) in [6.07, 6.45) is 0. The number of para-hydroxylation sites is 1. The number of fused-ring (bicyclic) bond motifs is 1. The first-order valence-corrected chi connectivity index (χ1v) is 10.7. The predicted molar refractivity (Wildman–Crippen MR) is 127 cm³/mol. The zero-order chi connectivity index (χ0) is 23.2. The predicted octanol–water partition coefficient (Wildman–Crippen LogP) is 5.05. The van der Waals surface area contributed by atoms with Crippen molar-refractivity contribution < 1.29 is 14.0 Å². The number of Topliss-reactive ketones (excluding diaryl/α,β-unsaturated/α-hetero) is 1. The third-order valence-electron chi connectivity index (χ3n) is 5.49. The number of hydrogen-bond acceptors (Lipinski definition) is 4. The van der Waals surface area contributed by atoms with Crippen molar-refractivity contribution in [3.8, 4) is 0 Å². The molecule has 0 aliphatic heterocycles. The summed E-state index contributed by atoms with van der Waals surface area (Å²) < 4.78 is 13.6. The van der Waals surface area contributed by atoms with Crippen LogP contribution in [0.3, 0.4) is 0 Å². The molecule has 2 N–H and O–H groups in total. The number of amides is 1. The topological polar surface area (TPSA) is 71.1 Å². The van der Waals surface area contributed by atoms with Crippen molar-refractivity contribution in [2.75, 3.05) is 5.32 Å². The molecule has 4 rings (SSSR count). The Morgan fingerprint density at radius 1 is 0.879 bits per heavy atom. The lowest BCUT2D eigenvalue weighted by molar-refractivity contribution is -0.133. The minimum atomic E-state index is -1.03. The number of aromatic nitrogens is 1. The van der Waals surface area contributed by atoms with Gasteiger partial charge in [-0.15, -0.1) is 0 Å². The Kier molecular flexibility index (Phi) is 6.74. The quantitative estimate of drug-likeness (QED) is 0.376. The number of rotatable bonds is 8. The smallest absolute Gasteiger partial charge is 0.233 e. The first-order chi connectivity index (χ1) is 16.0. The van der Waals surface area contributed by atoms with Gasteiger partial charge in [-0.25, -0.2) is 9.37 Å². The highest BCUT2D eigenvalue weighted by molar-refractivity contribution is 6.01.